The molecular formula is C11H12Cl2FN. The molecule has 1 aromatic carbocycles. The van der Waals surface area contributed by atoms with E-state index in [0.717, 1.165) is 24.8 Å². The van der Waals surface area contributed by atoms with Crippen LogP contribution in [-0.2, 0) is 5.41 Å². The quantitative estimate of drug-likeness (QED) is 0.796. The highest BCUT2D eigenvalue weighted by Crippen LogP contribution is 2.46. The smallest absolute Gasteiger partial charge is 0.143 e. The standard InChI is InChI=1S/C11H12Cl2FN/c12-8-5-10(14)9(13)4-7(8)11(6-15)2-1-3-11/h4-5H,1-3,6,15H2. The molecule has 1 aromatic rings. The van der Waals surface area contributed by atoms with Crippen molar-refractivity contribution >= 4 is 23.2 Å². The van der Waals surface area contributed by atoms with Gasteiger partial charge >= 0.3 is 0 Å². The van der Waals surface area contributed by atoms with E-state index in [-0.39, 0.29) is 10.4 Å². The first-order valence-corrected chi connectivity index (χ1v) is 5.70. The van der Waals surface area contributed by atoms with Crippen LogP contribution in [0.2, 0.25) is 10.0 Å². The molecule has 2 N–H and O–H groups in total. The highest BCUT2D eigenvalue weighted by atomic mass is 35.5. The Balaban J connectivity index is 2.47. The predicted octanol–water partition coefficient (Wildman–Crippen LogP) is 3.51. The van der Waals surface area contributed by atoms with Crippen LogP contribution in [0.5, 0.6) is 0 Å². The maximum atomic E-state index is 13.1. The van der Waals surface area contributed by atoms with Gasteiger partial charge in [0.15, 0.2) is 0 Å². The Bertz CT molecular complexity index is 383. The van der Waals surface area contributed by atoms with E-state index in [2.05, 4.69) is 0 Å². The van der Waals surface area contributed by atoms with Crippen molar-refractivity contribution in [2.75, 3.05) is 6.54 Å². The second kappa shape index (κ2) is 3.93. The maximum Gasteiger partial charge on any atom is 0.143 e. The first-order chi connectivity index (χ1) is 7.09. The average Bonchev–Trinajstić information content (AvgIpc) is 2.12. The molecule has 82 valence electrons. The van der Waals surface area contributed by atoms with Gasteiger partial charge in [-0.2, -0.15) is 0 Å². The minimum absolute atomic E-state index is 0.0750. The van der Waals surface area contributed by atoms with Gasteiger partial charge in [-0.3, -0.25) is 0 Å². The number of hydrogen-bond acceptors (Lipinski definition) is 1. The van der Waals surface area contributed by atoms with Crippen LogP contribution in [0.4, 0.5) is 4.39 Å². The van der Waals surface area contributed by atoms with Crippen molar-refractivity contribution in [2.24, 2.45) is 5.73 Å². The van der Waals surface area contributed by atoms with E-state index < -0.39 is 5.82 Å². The lowest BCUT2D eigenvalue weighted by atomic mass is 9.64. The summed E-state index contributed by atoms with van der Waals surface area (Å²) >= 11 is 11.8. The normalized spacial score (nSPS) is 18.7. The summed E-state index contributed by atoms with van der Waals surface area (Å²) in [5, 5.41) is 0.552. The molecule has 0 spiro atoms. The maximum absolute atomic E-state index is 13.1. The van der Waals surface area contributed by atoms with E-state index in [4.69, 9.17) is 28.9 Å². The van der Waals surface area contributed by atoms with Crippen molar-refractivity contribution in [3.05, 3.63) is 33.6 Å². The largest absolute Gasteiger partial charge is 0.330 e. The van der Waals surface area contributed by atoms with Crippen molar-refractivity contribution in [1.82, 2.24) is 0 Å². The van der Waals surface area contributed by atoms with Gasteiger partial charge in [0, 0.05) is 17.0 Å². The topological polar surface area (TPSA) is 26.0 Å². The molecule has 4 heteroatoms. The Morgan fingerprint density at radius 2 is 1.93 bits per heavy atom. The first kappa shape index (κ1) is 11.2. The number of benzene rings is 1. The van der Waals surface area contributed by atoms with Crippen LogP contribution in [-0.4, -0.2) is 6.54 Å². The SMILES string of the molecule is NCC1(c2cc(Cl)c(F)cc2Cl)CCC1. The molecule has 0 bridgehead atoms. The lowest BCUT2D eigenvalue weighted by Gasteiger charge is -2.42. The molecule has 0 atom stereocenters. The number of halogens is 3. The lowest BCUT2D eigenvalue weighted by molar-refractivity contribution is 0.253. The summed E-state index contributed by atoms with van der Waals surface area (Å²) in [6.07, 6.45) is 3.15. The molecule has 0 heterocycles. The van der Waals surface area contributed by atoms with E-state index >= 15 is 0 Å². The van der Waals surface area contributed by atoms with Crippen LogP contribution in [0.3, 0.4) is 0 Å². The van der Waals surface area contributed by atoms with Gasteiger partial charge in [0.05, 0.1) is 5.02 Å². The summed E-state index contributed by atoms with van der Waals surface area (Å²) in [6, 6.07) is 2.89. The van der Waals surface area contributed by atoms with Gasteiger partial charge in [-0.1, -0.05) is 29.6 Å². The summed E-state index contributed by atoms with van der Waals surface area (Å²) in [6.45, 7) is 0.536. The second-order valence-electron chi connectivity index (χ2n) is 4.08. The van der Waals surface area contributed by atoms with Gasteiger partial charge in [-0.25, -0.2) is 4.39 Å². The molecule has 0 radical (unpaired) electrons. The molecule has 1 fully saturated rings. The van der Waals surface area contributed by atoms with Crippen molar-refractivity contribution in [3.63, 3.8) is 0 Å². The van der Waals surface area contributed by atoms with E-state index in [1.54, 1.807) is 6.07 Å². The monoisotopic (exact) mass is 247 g/mol. The zero-order chi connectivity index (χ0) is 11.1. The second-order valence-corrected chi connectivity index (χ2v) is 4.90. The van der Waals surface area contributed by atoms with Crippen molar-refractivity contribution in [2.45, 2.75) is 24.7 Å². The molecule has 2 rings (SSSR count). The molecule has 0 unspecified atom stereocenters. The third kappa shape index (κ3) is 1.75. The molecule has 1 saturated carbocycles. The van der Waals surface area contributed by atoms with Crippen LogP contribution in [0.25, 0.3) is 0 Å². The van der Waals surface area contributed by atoms with Crippen LogP contribution >= 0.6 is 23.2 Å². The third-order valence-corrected chi connectivity index (χ3v) is 3.89. The fourth-order valence-corrected chi connectivity index (χ4v) is 2.63. The Morgan fingerprint density at radius 1 is 1.27 bits per heavy atom. The van der Waals surface area contributed by atoms with Gasteiger partial charge in [-0.05, 0) is 30.5 Å². The van der Waals surface area contributed by atoms with Crippen LogP contribution in [0, 0.1) is 5.82 Å². The summed E-state index contributed by atoms with van der Waals surface area (Å²) in [5.74, 6) is -0.475. The summed E-state index contributed by atoms with van der Waals surface area (Å²) in [4.78, 5) is 0. The predicted molar refractivity (Wildman–Crippen MR) is 61.0 cm³/mol. The zero-order valence-electron chi connectivity index (χ0n) is 8.19. The van der Waals surface area contributed by atoms with Crippen molar-refractivity contribution < 1.29 is 4.39 Å². The highest BCUT2D eigenvalue weighted by molar-refractivity contribution is 6.33. The Labute approximate surface area is 98.4 Å². The molecular weight excluding hydrogens is 236 g/mol. The molecule has 1 aliphatic rings. The molecule has 0 saturated heterocycles. The Hall–Kier alpha value is -0.310. The number of hydrogen-bond donors (Lipinski definition) is 1. The fourth-order valence-electron chi connectivity index (χ4n) is 2.12. The van der Waals surface area contributed by atoms with Gasteiger partial charge in [-0.15, -0.1) is 0 Å². The Kier molecular flexibility index (Phi) is 2.93. The first-order valence-electron chi connectivity index (χ1n) is 4.94. The van der Waals surface area contributed by atoms with Gasteiger partial charge in [0.25, 0.3) is 0 Å². The number of nitrogens with two attached hydrogens (primary N) is 1. The third-order valence-electron chi connectivity index (χ3n) is 3.28. The molecule has 1 aliphatic carbocycles. The average molecular weight is 248 g/mol. The van der Waals surface area contributed by atoms with Gasteiger partial charge in [0.1, 0.15) is 5.82 Å². The Morgan fingerprint density at radius 3 is 2.40 bits per heavy atom. The van der Waals surface area contributed by atoms with Crippen LogP contribution < -0.4 is 5.73 Å². The molecule has 0 aromatic heterocycles. The van der Waals surface area contributed by atoms with Crippen molar-refractivity contribution in [1.29, 1.82) is 0 Å². The minimum Gasteiger partial charge on any atom is -0.330 e. The zero-order valence-corrected chi connectivity index (χ0v) is 9.71. The number of rotatable bonds is 2. The van der Waals surface area contributed by atoms with Crippen molar-refractivity contribution in [3.8, 4) is 0 Å². The molecule has 0 amide bonds. The van der Waals surface area contributed by atoms with Crippen LogP contribution in [0.15, 0.2) is 12.1 Å². The highest BCUT2D eigenvalue weighted by Gasteiger charge is 2.39. The fraction of sp³-hybridized carbons (Fsp3) is 0.455. The van der Waals surface area contributed by atoms with E-state index in [9.17, 15) is 4.39 Å². The molecule has 15 heavy (non-hydrogen) atoms. The van der Waals surface area contributed by atoms with E-state index in [1.807, 2.05) is 0 Å². The van der Waals surface area contributed by atoms with E-state index in [0.29, 0.717) is 11.6 Å². The molecule has 1 nitrogen and oxygen atoms in total. The summed E-state index contributed by atoms with van der Waals surface area (Å²) in [5.41, 5.74) is 6.58. The summed E-state index contributed by atoms with van der Waals surface area (Å²) in [7, 11) is 0. The molecule has 0 aliphatic heterocycles. The summed E-state index contributed by atoms with van der Waals surface area (Å²) < 4.78 is 13.1. The lowest BCUT2D eigenvalue weighted by Crippen LogP contribution is -2.41. The van der Waals surface area contributed by atoms with Gasteiger partial charge in [0.2, 0.25) is 0 Å². The van der Waals surface area contributed by atoms with Gasteiger partial charge < -0.3 is 5.73 Å². The van der Waals surface area contributed by atoms with E-state index in [1.165, 1.54) is 6.07 Å². The van der Waals surface area contributed by atoms with Crippen LogP contribution in [0.1, 0.15) is 24.8 Å². The minimum atomic E-state index is -0.475.